The molecule has 0 unspecified atom stereocenters. The highest BCUT2D eigenvalue weighted by molar-refractivity contribution is 5.27. The van der Waals surface area contributed by atoms with Crippen LogP contribution in [0.1, 0.15) is 129 Å². The third-order valence-electron chi connectivity index (χ3n) is 7.62. The first kappa shape index (κ1) is 39.8. The molecule has 0 aromatic heterocycles. The summed E-state index contributed by atoms with van der Waals surface area (Å²) in [4.78, 5) is 0. The van der Waals surface area contributed by atoms with E-state index in [-0.39, 0.29) is 0 Å². The Morgan fingerprint density at radius 2 is 0.698 bits per heavy atom. The van der Waals surface area contributed by atoms with Crippen LogP contribution in [0.4, 0.5) is 0 Å². The van der Waals surface area contributed by atoms with Crippen molar-refractivity contribution in [3.63, 3.8) is 0 Å². The maximum absolute atomic E-state index is 5.78. The predicted octanol–water partition coefficient (Wildman–Crippen LogP) is 9.36. The highest BCUT2D eigenvalue weighted by Crippen LogP contribution is 2.15. The van der Waals surface area contributed by atoms with Gasteiger partial charge in [0.15, 0.2) is 0 Å². The average Bonchev–Trinajstić information content (AvgIpc) is 3.03. The first-order valence-electron chi connectivity index (χ1n) is 18.0. The Balaban J connectivity index is 1.72. The van der Waals surface area contributed by atoms with Gasteiger partial charge in [0.25, 0.3) is 0 Å². The maximum atomic E-state index is 5.78. The minimum Gasteiger partial charge on any atom is -0.491 e. The van der Waals surface area contributed by atoms with Crippen LogP contribution in [0.25, 0.3) is 0 Å². The molecule has 252 valence electrons. The normalized spacial score (nSPS) is 11.4. The second-order valence-electron chi connectivity index (χ2n) is 11.6. The molecule has 0 saturated heterocycles. The molecule has 1 aromatic rings. The van der Waals surface area contributed by atoms with Crippen LogP contribution in [-0.2, 0) is 30.1 Å². The van der Waals surface area contributed by atoms with Crippen molar-refractivity contribution >= 4 is 0 Å². The fourth-order valence-electron chi connectivity index (χ4n) is 4.93. The Morgan fingerprint density at radius 3 is 1.14 bits per heavy atom. The summed E-state index contributed by atoms with van der Waals surface area (Å²) in [6.45, 7) is 11.2. The molecule has 0 spiro atoms. The predicted molar refractivity (Wildman–Crippen MR) is 180 cm³/mol. The first-order valence-corrected chi connectivity index (χ1v) is 18.0. The molecular formula is C37H68O6. The fourth-order valence-corrected chi connectivity index (χ4v) is 4.93. The maximum Gasteiger partial charge on any atom is 0.119 e. The van der Waals surface area contributed by atoms with Crippen molar-refractivity contribution in [3.05, 3.63) is 29.8 Å². The highest BCUT2D eigenvalue weighted by atomic mass is 16.6. The van der Waals surface area contributed by atoms with Crippen LogP contribution in [0.15, 0.2) is 24.3 Å². The largest absolute Gasteiger partial charge is 0.491 e. The van der Waals surface area contributed by atoms with Gasteiger partial charge >= 0.3 is 0 Å². The smallest absolute Gasteiger partial charge is 0.119 e. The summed E-state index contributed by atoms with van der Waals surface area (Å²) in [5, 5.41) is 0. The van der Waals surface area contributed by atoms with Gasteiger partial charge in [-0.05, 0) is 37.0 Å². The molecule has 0 bridgehead atoms. The summed E-state index contributed by atoms with van der Waals surface area (Å²) in [7, 11) is 0. The third kappa shape index (κ3) is 29.3. The Kier molecular flexibility index (Phi) is 31.2. The van der Waals surface area contributed by atoms with Gasteiger partial charge in [0.05, 0.1) is 59.5 Å². The topological polar surface area (TPSA) is 55.4 Å². The second-order valence-corrected chi connectivity index (χ2v) is 11.6. The molecule has 6 heteroatoms. The molecule has 0 aliphatic rings. The Morgan fingerprint density at radius 1 is 0.349 bits per heavy atom. The van der Waals surface area contributed by atoms with Crippen molar-refractivity contribution in [3.8, 4) is 5.75 Å². The molecule has 0 N–H and O–H groups in total. The lowest BCUT2D eigenvalue weighted by Crippen LogP contribution is -2.14. The molecule has 6 nitrogen and oxygen atoms in total. The number of benzene rings is 1. The Hall–Kier alpha value is -1.18. The van der Waals surface area contributed by atoms with E-state index in [2.05, 4.69) is 38.1 Å². The zero-order chi connectivity index (χ0) is 30.7. The SMILES string of the molecule is CCCCCCCCCCCCCOCCOCCOCCOCCOCCOc1ccc(CCCCCCCC)cc1. The lowest BCUT2D eigenvalue weighted by Gasteiger charge is -2.09. The molecule has 0 radical (unpaired) electrons. The molecule has 0 aliphatic carbocycles. The van der Waals surface area contributed by atoms with E-state index in [4.69, 9.17) is 28.4 Å². The Labute approximate surface area is 265 Å². The van der Waals surface area contributed by atoms with E-state index in [0.29, 0.717) is 66.1 Å². The summed E-state index contributed by atoms with van der Waals surface area (Å²) in [6.07, 6.45) is 24.1. The van der Waals surface area contributed by atoms with Gasteiger partial charge in [0.2, 0.25) is 0 Å². The lowest BCUT2D eigenvalue weighted by molar-refractivity contribution is -0.0128. The quantitative estimate of drug-likeness (QED) is 0.0716. The standard InChI is InChI=1S/C37H68O6/c1-3-5-7-9-11-12-13-14-15-17-19-25-38-26-27-39-28-29-40-30-31-41-32-33-42-34-35-43-37-23-21-36(22-24-37)20-18-16-10-8-6-4-2/h21-24H,3-20,25-35H2,1-2H3. The number of hydrogen-bond acceptors (Lipinski definition) is 6. The number of aryl methyl sites for hydroxylation is 1. The third-order valence-corrected chi connectivity index (χ3v) is 7.62. The lowest BCUT2D eigenvalue weighted by atomic mass is 10.0. The molecule has 0 amide bonds. The molecular weight excluding hydrogens is 540 g/mol. The molecule has 1 aromatic carbocycles. The molecule has 0 heterocycles. The van der Waals surface area contributed by atoms with E-state index in [1.807, 2.05) is 0 Å². The summed E-state index contributed by atoms with van der Waals surface area (Å²) in [6, 6.07) is 8.49. The van der Waals surface area contributed by atoms with Crippen molar-refractivity contribution in [2.24, 2.45) is 0 Å². The van der Waals surface area contributed by atoms with Crippen LogP contribution >= 0.6 is 0 Å². The van der Waals surface area contributed by atoms with E-state index < -0.39 is 0 Å². The zero-order valence-electron chi connectivity index (χ0n) is 28.3. The molecule has 0 aliphatic heterocycles. The van der Waals surface area contributed by atoms with Crippen LogP contribution in [0.5, 0.6) is 5.75 Å². The van der Waals surface area contributed by atoms with Crippen molar-refractivity contribution in [1.82, 2.24) is 0 Å². The van der Waals surface area contributed by atoms with Crippen LogP contribution < -0.4 is 4.74 Å². The first-order chi connectivity index (χ1) is 21.4. The van der Waals surface area contributed by atoms with E-state index >= 15 is 0 Å². The average molecular weight is 609 g/mol. The number of rotatable bonds is 35. The van der Waals surface area contributed by atoms with Gasteiger partial charge in [-0.1, -0.05) is 122 Å². The van der Waals surface area contributed by atoms with Gasteiger partial charge in [-0.25, -0.2) is 0 Å². The van der Waals surface area contributed by atoms with Crippen molar-refractivity contribution in [1.29, 1.82) is 0 Å². The number of unbranched alkanes of at least 4 members (excludes halogenated alkanes) is 15. The molecule has 0 atom stereocenters. The van der Waals surface area contributed by atoms with Gasteiger partial charge in [-0.3, -0.25) is 0 Å². The van der Waals surface area contributed by atoms with Gasteiger partial charge in [0.1, 0.15) is 12.4 Å². The van der Waals surface area contributed by atoms with Crippen LogP contribution in [0.2, 0.25) is 0 Å². The van der Waals surface area contributed by atoms with E-state index in [1.165, 1.54) is 108 Å². The molecule has 43 heavy (non-hydrogen) atoms. The zero-order valence-corrected chi connectivity index (χ0v) is 28.3. The summed E-state index contributed by atoms with van der Waals surface area (Å²) in [5.74, 6) is 0.903. The van der Waals surface area contributed by atoms with E-state index in [1.54, 1.807) is 0 Å². The van der Waals surface area contributed by atoms with Crippen LogP contribution in [-0.4, -0.2) is 72.7 Å². The highest BCUT2D eigenvalue weighted by Gasteiger charge is 1.99. The van der Waals surface area contributed by atoms with Gasteiger partial charge < -0.3 is 28.4 Å². The van der Waals surface area contributed by atoms with E-state index in [9.17, 15) is 0 Å². The summed E-state index contributed by atoms with van der Waals surface area (Å²) in [5.41, 5.74) is 1.39. The van der Waals surface area contributed by atoms with Gasteiger partial charge in [-0.15, -0.1) is 0 Å². The summed E-state index contributed by atoms with van der Waals surface area (Å²) >= 11 is 0. The molecule has 0 saturated carbocycles. The fraction of sp³-hybridized carbons (Fsp3) is 0.838. The molecule has 1 rings (SSSR count). The minimum atomic E-state index is 0.546. The monoisotopic (exact) mass is 609 g/mol. The molecule has 0 fully saturated rings. The minimum absolute atomic E-state index is 0.546. The summed E-state index contributed by atoms with van der Waals surface area (Å²) < 4.78 is 33.7. The second kappa shape index (κ2) is 33.7. The van der Waals surface area contributed by atoms with E-state index in [0.717, 1.165) is 25.2 Å². The van der Waals surface area contributed by atoms with Crippen molar-refractivity contribution in [2.75, 3.05) is 72.7 Å². The van der Waals surface area contributed by atoms with Crippen molar-refractivity contribution in [2.45, 2.75) is 129 Å². The van der Waals surface area contributed by atoms with Gasteiger partial charge in [-0.2, -0.15) is 0 Å². The van der Waals surface area contributed by atoms with Crippen molar-refractivity contribution < 1.29 is 28.4 Å². The van der Waals surface area contributed by atoms with Gasteiger partial charge in [0, 0.05) is 6.61 Å². The van der Waals surface area contributed by atoms with Crippen LogP contribution in [0, 0.1) is 0 Å². The number of ether oxygens (including phenoxy) is 6. The Bertz CT molecular complexity index is 653. The number of hydrogen-bond donors (Lipinski definition) is 0. The van der Waals surface area contributed by atoms with Crippen LogP contribution in [0.3, 0.4) is 0 Å².